The van der Waals surface area contributed by atoms with E-state index in [1.807, 2.05) is 4.89 Å². The second-order valence-electron chi connectivity index (χ2n) is 4.86. The molecule has 0 spiro atoms. The van der Waals surface area contributed by atoms with Crippen LogP contribution in [0.25, 0.3) is 0 Å². The van der Waals surface area contributed by atoms with Crippen LogP contribution in [-0.4, -0.2) is 23.7 Å². The molecular formula is C11H17N3O5S. The monoisotopic (exact) mass is 303 g/mol. The van der Waals surface area contributed by atoms with Crippen LogP contribution in [0.2, 0.25) is 0 Å². The average molecular weight is 303 g/mol. The van der Waals surface area contributed by atoms with Crippen molar-refractivity contribution in [2.45, 2.75) is 36.7 Å². The summed E-state index contributed by atoms with van der Waals surface area (Å²) >= 11 is 0. The molecule has 20 heavy (non-hydrogen) atoms. The van der Waals surface area contributed by atoms with E-state index in [2.05, 4.69) is 0 Å². The number of hydrogen-bond acceptors (Lipinski definition) is 5. The summed E-state index contributed by atoms with van der Waals surface area (Å²) in [4.78, 5) is 29.9. The van der Waals surface area contributed by atoms with Crippen LogP contribution in [0, 0.1) is 0 Å². The van der Waals surface area contributed by atoms with E-state index in [-0.39, 0.29) is 6.10 Å². The Morgan fingerprint density at radius 1 is 1.25 bits per heavy atom. The molecule has 0 aromatic carbocycles. The highest BCUT2D eigenvalue weighted by molar-refractivity contribution is 7.89. The van der Waals surface area contributed by atoms with E-state index in [0.29, 0.717) is 0 Å². The summed E-state index contributed by atoms with van der Waals surface area (Å²) in [5.41, 5.74) is -1.47. The van der Waals surface area contributed by atoms with E-state index in [1.165, 1.54) is 14.1 Å². The third-order valence-corrected chi connectivity index (χ3v) is 4.51. The fourth-order valence-electron chi connectivity index (χ4n) is 2.14. The number of aromatic nitrogens is 2. The molecule has 0 radical (unpaired) electrons. The third kappa shape index (κ3) is 2.84. The summed E-state index contributed by atoms with van der Waals surface area (Å²) in [5, 5.41) is 0. The van der Waals surface area contributed by atoms with E-state index >= 15 is 0 Å². The first-order valence-electron chi connectivity index (χ1n) is 6.27. The van der Waals surface area contributed by atoms with Gasteiger partial charge < -0.3 is 4.57 Å². The lowest BCUT2D eigenvalue weighted by Crippen LogP contribution is -2.41. The van der Waals surface area contributed by atoms with E-state index in [0.717, 1.165) is 41.0 Å². The molecule has 0 amide bonds. The quantitative estimate of drug-likeness (QED) is 0.737. The van der Waals surface area contributed by atoms with Gasteiger partial charge in [0.05, 0.1) is 6.10 Å². The topological polar surface area (TPSA) is 99.4 Å². The Morgan fingerprint density at radius 3 is 2.45 bits per heavy atom. The zero-order valence-corrected chi connectivity index (χ0v) is 12.1. The smallest absolute Gasteiger partial charge is 0.302 e. The normalized spacial score (nSPS) is 16.7. The molecule has 1 aromatic heterocycles. The second kappa shape index (κ2) is 5.51. The van der Waals surface area contributed by atoms with Crippen molar-refractivity contribution in [2.75, 3.05) is 0 Å². The van der Waals surface area contributed by atoms with Crippen molar-refractivity contribution in [3.63, 3.8) is 0 Å². The summed E-state index contributed by atoms with van der Waals surface area (Å²) in [6.07, 6.45) is 4.38. The highest BCUT2D eigenvalue weighted by Gasteiger charge is 2.24. The predicted molar refractivity (Wildman–Crippen MR) is 70.6 cm³/mol. The molecule has 0 saturated heterocycles. The molecular weight excluding hydrogens is 286 g/mol. The molecule has 112 valence electrons. The SMILES string of the molecule is Cn1cc(S(=O)(=O)NOC2CCCC2)c(=O)n(C)c1=O. The van der Waals surface area contributed by atoms with Crippen molar-refractivity contribution in [1.82, 2.24) is 14.0 Å². The number of sulfonamides is 1. The fraction of sp³-hybridized carbons (Fsp3) is 0.636. The minimum absolute atomic E-state index is 0.166. The van der Waals surface area contributed by atoms with Crippen LogP contribution < -0.4 is 16.1 Å². The molecule has 1 saturated carbocycles. The average Bonchev–Trinajstić information content (AvgIpc) is 2.91. The van der Waals surface area contributed by atoms with Gasteiger partial charge >= 0.3 is 5.69 Å². The first kappa shape index (κ1) is 14.9. The van der Waals surface area contributed by atoms with Gasteiger partial charge in [-0.15, -0.1) is 0 Å². The Bertz CT molecular complexity index is 713. The number of nitrogens with one attached hydrogen (secondary N) is 1. The molecule has 0 atom stereocenters. The van der Waals surface area contributed by atoms with Crippen molar-refractivity contribution in [2.24, 2.45) is 14.1 Å². The lowest BCUT2D eigenvalue weighted by Gasteiger charge is -2.12. The zero-order chi connectivity index (χ0) is 14.9. The second-order valence-corrected chi connectivity index (χ2v) is 6.48. The van der Waals surface area contributed by atoms with Crippen LogP contribution in [0.4, 0.5) is 0 Å². The summed E-state index contributed by atoms with van der Waals surface area (Å²) in [5.74, 6) is 0. The lowest BCUT2D eigenvalue weighted by molar-refractivity contribution is 0.0222. The van der Waals surface area contributed by atoms with Gasteiger partial charge in [0.2, 0.25) is 0 Å². The van der Waals surface area contributed by atoms with Gasteiger partial charge in [0.25, 0.3) is 15.6 Å². The summed E-state index contributed by atoms with van der Waals surface area (Å²) < 4.78 is 25.9. The molecule has 9 heteroatoms. The first-order valence-corrected chi connectivity index (χ1v) is 7.75. The molecule has 1 aliphatic rings. The van der Waals surface area contributed by atoms with Crippen LogP contribution in [0.3, 0.4) is 0 Å². The molecule has 1 N–H and O–H groups in total. The molecule has 0 unspecified atom stereocenters. The largest absolute Gasteiger partial charge is 0.330 e. The molecule has 0 bridgehead atoms. The van der Waals surface area contributed by atoms with Crippen LogP contribution in [-0.2, 0) is 29.0 Å². The summed E-state index contributed by atoms with van der Waals surface area (Å²) in [7, 11) is -1.51. The standard InChI is InChI=1S/C11H17N3O5S/c1-13-7-9(10(15)14(2)11(13)16)20(17,18)12-19-8-5-3-4-6-8/h7-8,12H,3-6H2,1-2H3. The zero-order valence-electron chi connectivity index (χ0n) is 11.3. The summed E-state index contributed by atoms with van der Waals surface area (Å²) in [6.45, 7) is 0. The van der Waals surface area contributed by atoms with Crippen LogP contribution in [0.1, 0.15) is 25.7 Å². The Kier molecular flexibility index (Phi) is 4.11. The highest BCUT2D eigenvalue weighted by Crippen LogP contribution is 2.20. The fourth-order valence-corrected chi connectivity index (χ4v) is 3.16. The van der Waals surface area contributed by atoms with Crippen molar-refractivity contribution in [3.8, 4) is 0 Å². The van der Waals surface area contributed by atoms with E-state index < -0.39 is 26.2 Å². The van der Waals surface area contributed by atoms with E-state index in [9.17, 15) is 18.0 Å². The maximum Gasteiger partial charge on any atom is 0.330 e. The van der Waals surface area contributed by atoms with Crippen molar-refractivity contribution < 1.29 is 13.3 Å². The van der Waals surface area contributed by atoms with Gasteiger partial charge in [-0.25, -0.2) is 13.2 Å². The van der Waals surface area contributed by atoms with Crippen LogP contribution >= 0.6 is 0 Å². The Balaban J connectivity index is 2.30. The number of nitrogens with zero attached hydrogens (tertiary/aromatic N) is 2. The van der Waals surface area contributed by atoms with Gasteiger partial charge in [0.1, 0.15) is 0 Å². The minimum Gasteiger partial charge on any atom is -0.302 e. The summed E-state index contributed by atoms with van der Waals surface area (Å²) in [6, 6.07) is 0. The number of hydrogen-bond donors (Lipinski definition) is 1. The molecule has 1 aliphatic carbocycles. The molecule has 1 fully saturated rings. The highest BCUT2D eigenvalue weighted by atomic mass is 32.2. The van der Waals surface area contributed by atoms with Crippen molar-refractivity contribution in [3.05, 3.63) is 27.0 Å². The van der Waals surface area contributed by atoms with Gasteiger partial charge in [0, 0.05) is 20.3 Å². The van der Waals surface area contributed by atoms with Gasteiger partial charge in [-0.3, -0.25) is 14.2 Å². The number of aryl methyl sites for hydroxylation is 1. The predicted octanol–water partition coefficient (Wildman–Crippen LogP) is -0.763. The van der Waals surface area contributed by atoms with Gasteiger partial charge in [-0.2, -0.15) is 0 Å². The van der Waals surface area contributed by atoms with Crippen LogP contribution in [0.5, 0.6) is 0 Å². The Labute approximate surface area is 116 Å². The van der Waals surface area contributed by atoms with Gasteiger partial charge in [-0.1, -0.05) is 17.7 Å². The van der Waals surface area contributed by atoms with Gasteiger partial charge in [0.15, 0.2) is 4.90 Å². The molecule has 8 nitrogen and oxygen atoms in total. The third-order valence-electron chi connectivity index (χ3n) is 3.33. The number of rotatable bonds is 4. The molecule has 0 aliphatic heterocycles. The van der Waals surface area contributed by atoms with Crippen molar-refractivity contribution >= 4 is 10.0 Å². The van der Waals surface area contributed by atoms with Gasteiger partial charge in [-0.05, 0) is 12.8 Å². The maximum atomic E-state index is 12.1. The van der Waals surface area contributed by atoms with Crippen LogP contribution in [0.15, 0.2) is 20.7 Å². The molecule has 1 heterocycles. The first-order chi connectivity index (χ1) is 9.33. The molecule has 2 rings (SSSR count). The van der Waals surface area contributed by atoms with E-state index in [1.54, 1.807) is 0 Å². The van der Waals surface area contributed by atoms with Crippen molar-refractivity contribution in [1.29, 1.82) is 0 Å². The maximum absolute atomic E-state index is 12.1. The Morgan fingerprint density at radius 2 is 1.85 bits per heavy atom. The molecule has 1 aromatic rings. The lowest BCUT2D eigenvalue weighted by atomic mass is 10.3. The minimum atomic E-state index is -4.11. The Hall–Kier alpha value is -1.45. The van der Waals surface area contributed by atoms with E-state index in [4.69, 9.17) is 4.84 Å².